The van der Waals surface area contributed by atoms with E-state index in [1.54, 1.807) is 0 Å². The van der Waals surface area contributed by atoms with Crippen LogP contribution in [0.25, 0.3) is 5.57 Å². The third-order valence-corrected chi connectivity index (χ3v) is 5.69. The number of halogens is 3. The number of carboxylic acids is 1. The highest BCUT2D eigenvalue weighted by atomic mass is 19.2. The highest BCUT2D eigenvalue weighted by molar-refractivity contribution is 5.98. The summed E-state index contributed by atoms with van der Waals surface area (Å²) < 4.78 is 45.5. The zero-order valence-electron chi connectivity index (χ0n) is 16.8. The molecule has 2 aliphatic rings. The highest BCUT2D eigenvalue weighted by Gasteiger charge is 2.35. The van der Waals surface area contributed by atoms with E-state index < -0.39 is 29.2 Å². The molecule has 2 bridgehead atoms. The second-order valence-corrected chi connectivity index (χ2v) is 7.80. The van der Waals surface area contributed by atoms with Crippen molar-refractivity contribution in [3.8, 4) is 5.75 Å². The second-order valence-electron chi connectivity index (χ2n) is 7.80. The molecular weight excluding hydrogens is 409 g/mol. The van der Waals surface area contributed by atoms with Crippen molar-refractivity contribution in [1.29, 1.82) is 0 Å². The summed E-state index contributed by atoms with van der Waals surface area (Å²) in [6.45, 7) is 1.43. The molecule has 164 valence electrons. The Balaban J connectivity index is 1.40. The Morgan fingerprint density at radius 3 is 2.55 bits per heavy atom. The Kier molecular flexibility index (Phi) is 6.29. The molecule has 2 aromatic carbocycles. The van der Waals surface area contributed by atoms with Gasteiger partial charge in [0.2, 0.25) is 5.82 Å². The van der Waals surface area contributed by atoms with Crippen LogP contribution in [0.1, 0.15) is 24.0 Å². The lowest BCUT2D eigenvalue weighted by atomic mass is 9.84. The summed E-state index contributed by atoms with van der Waals surface area (Å²) >= 11 is 0. The monoisotopic (exact) mass is 432 g/mol. The third kappa shape index (κ3) is 4.60. The number of aliphatic carboxylic acids is 1. The zero-order chi connectivity index (χ0) is 22.0. The molecule has 0 aromatic heterocycles. The van der Waals surface area contributed by atoms with E-state index in [4.69, 9.17) is 4.74 Å². The fraction of sp³-hybridized carbons (Fsp3) is 0.348. The minimum Gasteiger partial charge on any atom is -0.488 e. The number of aryl methyl sites for hydroxylation is 1. The van der Waals surface area contributed by atoms with Crippen LogP contribution in [0.4, 0.5) is 13.2 Å². The summed E-state index contributed by atoms with van der Waals surface area (Å²) in [5.74, 6) is -5.02. The quantitative estimate of drug-likeness (QED) is 0.463. The van der Waals surface area contributed by atoms with Gasteiger partial charge in [0, 0.05) is 19.1 Å². The van der Waals surface area contributed by atoms with Gasteiger partial charge >= 0.3 is 5.97 Å². The second kappa shape index (κ2) is 9.11. The molecule has 3 N–H and O–H groups in total. The fourth-order valence-corrected chi connectivity index (χ4v) is 4.20. The number of ether oxygens (including phenoxy) is 1. The summed E-state index contributed by atoms with van der Waals surface area (Å²) in [4.78, 5) is 11.8. The SMILES string of the molecule is O=C(O)C1=C(c2ccc(CCCOc3c(F)ccc(F)c3F)cc2)C[C@@H]2CNC[C@H]1N2. The van der Waals surface area contributed by atoms with Crippen LogP contribution in [0.3, 0.4) is 0 Å². The predicted octanol–water partition coefficient (Wildman–Crippen LogP) is 3.29. The number of benzene rings is 2. The molecule has 2 atom stereocenters. The van der Waals surface area contributed by atoms with Crippen LogP contribution in [-0.4, -0.2) is 42.9 Å². The van der Waals surface area contributed by atoms with Gasteiger partial charge in [-0.25, -0.2) is 13.6 Å². The smallest absolute Gasteiger partial charge is 0.333 e. The van der Waals surface area contributed by atoms with Gasteiger partial charge in [0.15, 0.2) is 17.4 Å². The van der Waals surface area contributed by atoms with Crippen molar-refractivity contribution in [2.45, 2.75) is 31.3 Å². The molecule has 2 aliphatic heterocycles. The zero-order valence-corrected chi connectivity index (χ0v) is 16.8. The Labute approximate surface area is 177 Å². The number of nitrogens with one attached hydrogen (secondary N) is 2. The maximum Gasteiger partial charge on any atom is 0.333 e. The molecule has 0 spiro atoms. The van der Waals surface area contributed by atoms with E-state index >= 15 is 0 Å². The van der Waals surface area contributed by atoms with Crippen molar-refractivity contribution in [2.75, 3.05) is 19.7 Å². The van der Waals surface area contributed by atoms with Crippen LogP contribution in [-0.2, 0) is 11.2 Å². The Morgan fingerprint density at radius 2 is 1.81 bits per heavy atom. The van der Waals surface area contributed by atoms with Crippen molar-refractivity contribution in [3.63, 3.8) is 0 Å². The lowest BCUT2D eigenvalue weighted by molar-refractivity contribution is -0.133. The van der Waals surface area contributed by atoms with Crippen molar-refractivity contribution in [1.82, 2.24) is 10.6 Å². The van der Waals surface area contributed by atoms with Gasteiger partial charge in [0.25, 0.3) is 0 Å². The minimum atomic E-state index is -1.33. The highest BCUT2D eigenvalue weighted by Crippen LogP contribution is 2.31. The largest absolute Gasteiger partial charge is 0.488 e. The van der Waals surface area contributed by atoms with E-state index in [9.17, 15) is 23.1 Å². The molecule has 0 unspecified atom stereocenters. The van der Waals surface area contributed by atoms with Gasteiger partial charge in [0.05, 0.1) is 18.2 Å². The van der Waals surface area contributed by atoms with E-state index in [1.165, 1.54) is 0 Å². The van der Waals surface area contributed by atoms with Gasteiger partial charge < -0.3 is 20.5 Å². The first-order valence-corrected chi connectivity index (χ1v) is 10.2. The number of rotatable bonds is 7. The molecule has 1 saturated heterocycles. The van der Waals surface area contributed by atoms with E-state index in [0.29, 0.717) is 31.4 Å². The van der Waals surface area contributed by atoms with Crippen LogP contribution >= 0.6 is 0 Å². The van der Waals surface area contributed by atoms with E-state index in [2.05, 4.69) is 10.6 Å². The summed E-state index contributed by atoms with van der Waals surface area (Å²) in [5, 5.41) is 16.3. The molecule has 0 aliphatic carbocycles. The maximum absolute atomic E-state index is 13.6. The van der Waals surface area contributed by atoms with Gasteiger partial charge in [-0.15, -0.1) is 0 Å². The average Bonchev–Trinajstić information content (AvgIpc) is 2.76. The van der Waals surface area contributed by atoms with Gasteiger partial charge in [-0.2, -0.15) is 4.39 Å². The summed E-state index contributed by atoms with van der Waals surface area (Å²) in [6.07, 6.45) is 1.72. The van der Waals surface area contributed by atoms with E-state index in [0.717, 1.165) is 35.4 Å². The summed E-state index contributed by atoms with van der Waals surface area (Å²) in [5.41, 5.74) is 3.14. The minimum absolute atomic E-state index is 0.0371. The Hall–Kier alpha value is -2.84. The number of carboxylic acid groups (broad SMARTS) is 1. The predicted molar refractivity (Wildman–Crippen MR) is 109 cm³/mol. The molecule has 2 heterocycles. The van der Waals surface area contributed by atoms with Gasteiger partial charge in [-0.1, -0.05) is 24.3 Å². The first kappa shape index (κ1) is 21.4. The van der Waals surface area contributed by atoms with Crippen LogP contribution in [0.15, 0.2) is 42.0 Å². The van der Waals surface area contributed by atoms with Crippen LogP contribution < -0.4 is 15.4 Å². The molecule has 8 heteroatoms. The molecule has 1 fully saturated rings. The molecule has 0 saturated carbocycles. The number of piperazine rings is 1. The summed E-state index contributed by atoms with van der Waals surface area (Å²) in [6, 6.07) is 9.21. The topological polar surface area (TPSA) is 70.6 Å². The van der Waals surface area contributed by atoms with Gasteiger partial charge in [-0.3, -0.25) is 0 Å². The third-order valence-electron chi connectivity index (χ3n) is 5.69. The molecule has 4 rings (SSSR count). The molecule has 0 amide bonds. The van der Waals surface area contributed by atoms with E-state index in [-0.39, 0.29) is 18.7 Å². The molecule has 31 heavy (non-hydrogen) atoms. The van der Waals surface area contributed by atoms with Gasteiger partial charge in [0.1, 0.15) is 0 Å². The Bertz CT molecular complexity index is 1010. The van der Waals surface area contributed by atoms with Gasteiger partial charge in [-0.05, 0) is 48.1 Å². The molecule has 5 nitrogen and oxygen atoms in total. The van der Waals surface area contributed by atoms with Crippen molar-refractivity contribution >= 4 is 11.5 Å². The first-order valence-electron chi connectivity index (χ1n) is 10.2. The van der Waals surface area contributed by atoms with Crippen molar-refractivity contribution in [3.05, 3.63) is 70.5 Å². The number of hydrogen-bond donors (Lipinski definition) is 3. The first-order chi connectivity index (χ1) is 14.9. The van der Waals surface area contributed by atoms with Crippen molar-refractivity contribution < 1.29 is 27.8 Å². The van der Waals surface area contributed by atoms with Crippen LogP contribution in [0, 0.1) is 17.5 Å². The number of carbonyl (C=O) groups is 1. The standard InChI is InChI=1S/C23H23F3N2O3/c24-17-7-8-18(25)22(21(17)26)31-9-1-2-13-3-5-14(6-4-13)16-10-15-11-27-12-19(28-15)20(16)23(29)30/h3-8,15,19,27-28H,1-2,9-12H2,(H,29,30)/t15-,19-/m1/s1. The van der Waals surface area contributed by atoms with E-state index in [1.807, 2.05) is 24.3 Å². The Morgan fingerprint density at radius 1 is 1.06 bits per heavy atom. The van der Waals surface area contributed by atoms with Crippen LogP contribution in [0.5, 0.6) is 5.75 Å². The van der Waals surface area contributed by atoms with Crippen molar-refractivity contribution in [2.24, 2.45) is 0 Å². The molecular formula is C23H23F3N2O3. The lowest BCUT2D eigenvalue weighted by Crippen LogP contribution is -2.58. The van der Waals surface area contributed by atoms with Crippen LogP contribution in [0.2, 0.25) is 0 Å². The fourth-order valence-electron chi connectivity index (χ4n) is 4.20. The number of fused-ring (bicyclic) bond motifs is 2. The normalized spacial score (nSPS) is 20.6. The maximum atomic E-state index is 13.6. The average molecular weight is 432 g/mol. The summed E-state index contributed by atoms with van der Waals surface area (Å²) in [7, 11) is 0. The molecule has 0 radical (unpaired) electrons. The lowest BCUT2D eigenvalue weighted by Gasteiger charge is -2.38. The number of hydrogen-bond acceptors (Lipinski definition) is 4. The molecule has 2 aromatic rings.